The molecule has 21 heavy (non-hydrogen) atoms. The summed E-state index contributed by atoms with van der Waals surface area (Å²) in [5.41, 5.74) is 2.69. The lowest BCUT2D eigenvalue weighted by Gasteiger charge is -2.39. The van der Waals surface area contributed by atoms with Crippen molar-refractivity contribution in [1.82, 2.24) is 15.2 Å². The van der Waals surface area contributed by atoms with Crippen molar-refractivity contribution in [2.24, 2.45) is 5.92 Å². The Morgan fingerprint density at radius 2 is 2.14 bits per heavy atom. The molecule has 1 saturated carbocycles. The molecule has 1 aliphatic carbocycles. The molecule has 1 aromatic rings. The van der Waals surface area contributed by atoms with Crippen LogP contribution in [-0.2, 0) is 13.0 Å². The molecular formula is C18H29N3. The lowest BCUT2D eigenvalue weighted by atomic mass is 9.83. The van der Waals surface area contributed by atoms with Crippen molar-refractivity contribution >= 4 is 0 Å². The van der Waals surface area contributed by atoms with Gasteiger partial charge in [-0.2, -0.15) is 0 Å². The van der Waals surface area contributed by atoms with Gasteiger partial charge >= 0.3 is 0 Å². The second kappa shape index (κ2) is 7.37. The molecule has 1 aromatic heterocycles. The lowest BCUT2D eigenvalue weighted by Crippen LogP contribution is -2.53. The summed E-state index contributed by atoms with van der Waals surface area (Å²) in [4.78, 5) is 7.23. The van der Waals surface area contributed by atoms with Crippen molar-refractivity contribution < 1.29 is 0 Å². The van der Waals surface area contributed by atoms with Gasteiger partial charge in [0.25, 0.3) is 0 Å². The molecule has 3 nitrogen and oxygen atoms in total. The molecule has 1 atom stereocenters. The van der Waals surface area contributed by atoms with E-state index in [-0.39, 0.29) is 0 Å². The van der Waals surface area contributed by atoms with Crippen molar-refractivity contribution in [2.75, 3.05) is 19.6 Å². The molecule has 0 aromatic carbocycles. The number of hydrogen-bond acceptors (Lipinski definition) is 3. The number of aromatic nitrogens is 1. The van der Waals surface area contributed by atoms with E-state index in [0.717, 1.165) is 32.0 Å². The molecule has 3 heteroatoms. The van der Waals surface area contributed by atoms with E-state index in [0.29, 0.717) is 6.04 Å². The Hall–Kier alpha value is -0.930. The molecule has 2 aliphatic rings. The molecule has 1 saturated heterocycles. The molecule has 0 bridgehead atoms. The van der Waals surface area contributed by atoms with Crippen LogP contribution in [0.2, 0.25) is 0 Å². The number of piperazine rings is 1. The fourth-order valence-electron chi connectivity index (χ4n) is 3.99. The van der Waals surface area contributed by atoms with Gasteiger partial charge in [0, 0.05) is 38.4 Å². The van der Waals surface area contributed by atoms with Gasteiger partial charge in [0.05, 0.1) is 5.69 Å². The summed E-state index contributed by atoms with van der Waals surface area (Å²) in [6.45, 7) is 6.74. The SMILES string of the molecule is CCc1cccnc1CN1CCNC(C2CCCCC2)C1. The third kappa shape index (κ3) is 3.83. The van der Waals surface area contributed by atoms with Crippen LogP contribution in [0.3, 0.4) is 0 Å². The second-order valence-corrected chi connectivity index (χ2v) is 6.66. The number of nitrogens with zero attached hydrogens (tertiary/aromatic N) is 2. The Balaban J connectivity index is 1.60. The first-order chi connectivity index (χ1) is 10.4. The van der Waals surface area contributed by atoms with Crippen molar-refractivity contribution in [3.8, 4) is 0 Å². The van der Waals surface area contributed by atoms with Crippen LogP contribution in [0, 0.1) is 5.92 Å². The zero-order chi connectivity index (χ0) is 14.5. The Kier molecular flexibility index (Phi) is 5.26. The van der Waals surface area contributed by atoms with Gasteiger partial charge in [-0.3, -0.25) is 9.88 Å². The van der Waals surface area contributed by atoms with Gasteiger partial charge in [-0.15, -0.1) is 0 Å². The Labute approximate surface area is 129 Å². The Morgan fingerprint density at radius 1 is 1.29 bits per heavy atom. The van der Waals surface area contributed by atoms with E-state index in [4.69, 9.17) is 0 Å². The van der Waals surface area contributed by atoms with E-state index in [2.05, 4.69) is 34.3 Å². The fraction of sp³-hybridized carbons (Fsp3) is 0.722. The summed E-state index contributed by atoms with van der Waals surface area (Å²) in [7, 11) is 0. The van der Waals surface area contributed by atoms with Crippen LogP contribution < -0.4 is 5.32 Å². The molecule has 1 N–H and O–H groups in total. The standard InChI is InChI=1S/C18H29N3/c1-2-15-9-6-10-19-17(15)13-21-12-11-20-18(14-21)16-7-4-3-5-8-16/h6,9-10,16,18,20H,2-5,7-8,11-14H2,1H3. The zero-order valence-electron chi connectivity index (χ0n) is 13.4. The van der Waals surface area contributed by atoms with Crippen LogP contribution in [0.5, 0.6) is 0 Å². The minimum atomic E-state index is 0.702. The average Bonchev–Trinajstić information content (AvgIpc) is 2.56. The first-order valence-corrected chi connectivity index (χ1v) is 8.75. The van der Waals surface area contributed by atoms with Gasteiger partial charge in [-0.05, 0) is 36.8 Å². The van der Waals surface area contributed by atoms with Gasteiger partial charge < -0.3 is 5.32 Å². The monoisotopic (exact) mass is 287 g/mol. The number of rotatable bonds is 4. The van der Waals surface area contributed by atoms with Gasteiger partial charge in [0.2, 0.25) is 0 Å². The van der Waals surface area contributed by atoms with E-state index >= 15 is 0 Å². The highest BCUT2D eigenvalue weighted by Gasteiger charge is 2.28. The van der Waals surface area contributed by atoms with Gasteiger partial charge in [0.1, 0.15) is 0 Å². The molecule has 2 heterocycles. The van der Waals surface area contributed by atoms with Gasteiger partial charge in [0.15, 0.2) is 0 Å². The maximum Gasteiger partial charge on any atom is 0.0575 e. The molecule has 0 radical (unpaired) electrons. The molecule has 0 amide bonds. The average molecular weight is 287 g/mol. The maximum atomic E-state index is 4.62. The largest absolute Gasteiger partial charge is 0.311 e. The Morgan fingerprint density at radius 3 is 2.95 bits per heavy atom. The van der Waals surface area contributed by atoms with E-state index in [1.54, 1.807) is 0 Å². The quantitative estimate of drug-likeness (QED) is 0.923. The lowest BCUT2D eigenvalue weighted by molar-refractivity contribution is 0.139. The normalized spacial score (nSPS) is 25.1. The molecule has 116 valence electrons. The minimum Gasteiger partial charge on any atom is -0.311 e. The highest BCUT2D eigenvalue weighted by molar-refractivity contribution is 5.19. The van der Waals surface area contributed by atoms with Gasteiger partial charge in [-0.1, -0.05) is 32.3 Å². The summed E-state index contributed by atoms with van der Waals surface area (Å²) in [5.74, 6) is 0.899. The van der Waals surface area contributed by atoms with E-state index in [9.17, 15) is 0 Å². The van der Waals surface area contributed by atoms with Crippen LogP contribution in [0.25, 0.3) is 0 Å². The summed E-state index contributed by atoms with van der Waals surface area (Å²) in [5, 5.41) is 3.77. The van der Waals surface area contributed by atoms with Crippen LogP contribution in [-0.4, -0.2) is 35.6 Å². The maximum absolute atomic E-state index is 4.62. The fourth-order valence-corrected chi connectivity index (χ4v) is 3.99. The molecule has 3 rings (SSSR count). The molecule has 0 spiro atoms. The summed E-state index contributed by atoms with van der Waals surface area (Å²) in [6.07, 6.45) is 10.2. The van der Waals surface area contributed by atoms with Crippen molar-refractivity contribution in [1.29, 1.82) is 0 Å². The smallest absolute Gasteiger partial charge is 0.0575 e. The van der Waals surface area contributed by atoms with E-state index in [1.165, 1.54) is 49.9 Å². The highest BCUT2D eigenvalue weighted by Crippen LogP contribution is 2.28. The van der Waals surface area contributed by atoms with E-state index in [1.807, 2.05) is 6.20 Å². The minimum absolute atomic E-state index is 0.702. The van der Waals surface area contributed by atoms with Gasteiger partial charge in [-0.25, -0.2) is 0 Å². The van der Waals surface area contributed by atoms with Crippen molar-refractivity contribution in [2.45, 2.75) is 58.0 Å². The zero-order valence-corrected chi connectivity index (χ0v) is 13.4. The summed E-state index contributed by atoms with van der Waals surface area (Å²) >= 11 is 0. The number of pyridine rings is 1. The Bertz CT molecular complexity index is 440. The molecule has 1 aliphatic heterocycles. The highest BCUT2D eigenvalue weighted by atomic mass is 15.2. The van der Waals surface area contributed by atoms with Crippen LogP contribution in [0.15, 0.2) is 18.3 Å². The summed E-state index contributed by atoms with van der Waals surface area (Å²) < 4.78 is 0. The van der Waals surface area contributed by atoms with Crippen molar-refractivity contribution in [3.63, 3.8) is 0 Å². The van der Waals surface area contributed by atoms with Crippen LogP contribution in [0.4, 0.5) is 0 Å². The third-order valence-electron chi connectivity index (χ3n) is 5.25. The van der Waals surface area contributed by atoms with E-state index < -0.39 is 0 Å². The molecule has 2 fully saturated rings. The number of nitrogens with one attached hydrogen (secondary N) is 1. The number of aryl methyl sites for hydroxylation is 1. The third-order valence-corrected chi connectivity index (χ3v) is 5.25. The molecule has 1 unspecified atom stereocenters. The summed E-state index contributed by atoms with van der Waals surface area (Å²) in [6, 6.07) is 4.99. The topological polar surface area (TPSA) is 28.2 Å². The predicted molar refractivity (Wildman–Crippen MR) is 87.3 cm³/mol. The van der Waals surface area contributed by atoms with Crippen molar-refractivity contribution in [3.05, 3.63) is 29.6 Å². The second-order valence-electron chi connectivity index (χ2n) is 6.66. The van der Waals surface area contributed by atoms with Crippen LogP contribution in [0.1, 0.15) is 50.3 Å². The predicted octanol–water partition coefficient (Wildman–Crippen LogP) is 3.00. The van der Waals surface area contributed by atoms with Crippen LogP contribution >= 0.6 is 0 Å². The first-order valence-electron chi connectivity index (χ1n) is 8.75. The molecular weight excluding hydrogens is 258 g/mol. The first kappa shape index (κ1) is 15.0. The number of hydrogen-bond donors (Lipinski definition) is 1.